The van der Waals surface area contributed by atoms with Crippen molar-refractivity contribution in [3.05, 3.63) is 0 Å². The highest BCUT2D eigenvalue weighted by Gasteiger charge is 2.30. The van der Waals surface area contributed by atoms with Crippen LogP contribution in [0, 0.1) is 0 Å². The molecule has 0 heterocycles. The second-order valence-electron chi connectivity index (χ2n) is 13.2. The highest BCUT2D eigenvalue weighted by atomic mass is 16.5. The van der Waals surface area contributed by atoms with Crippen LogP contribution in [0.1, 0.15) is 195 Å². The van der Waals surface area contributed by atoms with Gasteiger partial charge in [-0.1, -0.05) is 163 Å². The number of carbonyl (C=O) groups is 1. The fourth-order valence-corrected chi connectivity index (χ4v) is 5.96. The van der Waals surface area contributed by atoms with E-state index in [1.807, 2.05) is 0 Å². The molecule has 0 bridgehead atoms. The zero-order chi connectivity index (χ0) is 29.6. The normalized spacial score (nSPS) is 12.7. The Balaban J connectivity index is 4.45. The van der Waals surface area contributed by atoms with Crippen LogP contribution in [-0.4, -0.2) is 49.7 Å². The number of ether oxygens (including phenoxy) is 1. The highest BCUT2D eigenvalue weighted by Crippen LogP contribution is 2.17. The largest absolute Gasteiger partial charge is 0.364 e. The second kappa shape index (κ2) is 30.1. The summed E-state index contributed by atoms with van der Waals surface area (Å²) >= 11 is 0. The van der Waals surface area contributed by atoms with Crippen LogP contribution in [0.5, 0.6) is 0 Å². The summed E-state index contributed by atoms with van der Waals surface area (Å²) in [4.78, 5) is 13.4. The summed E-state index contributed by atoms with van der Waals surface area (Å²) in [5.74, 6) is 0.374. The van der Waals surface area contributed by atoms with Gasteiger partial charge in [-0.15, -0.1) is 0 Å². The lowest BCUT2D eigenvalue weighted by molar-refractivity contribution is -0.912. The lowest BCUT2D eigenvalue weighted by Crippen LogP contribution is -2.52. The molecule has 0 aromatic rings. The third-order valence-electron chi connectivity index (χ3n) is 8.91. The minimum atomic E-state index is -0.208. The van der Waals surface area contributed by atoms with Crippen molar-refractivity contribution in [3.8, 4) is 0 Å². The van der Waals surface area contributed by atoms with Crippen molar-refractivity contribution >= 4 is 5.78 Å². The van der Waals surface area contributed by atoms with Gasteiger partial charge < -0.3 is 9.22 Å². The van der Waals surface area contributed by atoms with E-state index in [-0.39, 0.29) is 6.10 Å². The third-order valence-corrected chi connectivity index (χ3v) is 8.91. The molecule has 240 valence electrons. The molecule has 0 rings (SSSR count). The average molecular weight is 567 g/mol. The van der Waals surface area contributed by atoms with Gasteiger partial charge in [-0.25, -0.2) is 0 Å². The van der Waals surface area contributed by atoms with E-state index >= 15 is 0 Å². The van der Waals surface area contributed by atoms with E-state index in [0.29, 0.717) is 12.2 Å². The first-order valence-corrected chi connectivity index (χ1v) is 18.5. The molecule has 0 spiro atoms. The molecule has 0 aliphatic heterocycles. The molecule has 0 saturated heterocycles. The van der Waals surface area contributed by atoms with Crippen LogP contribution in [-0.2, 0) is 9.53 Å². The molecule has 0 amide bonds. The lowest BCUT2D eigenvalue weighted by Gasteiger charge is -2.37. The van der Waals surface area contributed by atoms with Crippen LogP contribution in [0.25, 0.3) is 0 Å². The van der Waals surface area contributed by atoms with Gasteiger partial charge in [0.25, 0.3) is 0 Å². The Morgan fingerprint density at radius 2 is 0.850 bits per heavy atom. The predicted molar refractivity (Wildman–Crippen MR) is 178 cm³/mol. The maximum Gasteiger partial charge on any atom is 0.167 e. The number of carbonyl (C=O) groups excluding carboxylic acids is 1. The predicted octanol–water partition coefficient (Wildman–Crippen LogP) is 11.6. The first-order chi connectivity index (χ1) is 19.5. The van der Waals surface area contributed by atoms with Crippen LogP contribution < -0.4 is 0 Å². The molecular weight excluding hydrogens is 490 g/mol. The summed E-state index contributed by atoms with van der Waals surface area (Å²) in [5.41, 5.74) is 0. The molecule has 0 N–H and O–H groups in total. The van der Waals surface area contributed by atoms with Gasteiger partial charge in [0.2, 0.25) is 0 Å². The van der Waals surface area contributed by atoms with Crippen LogP contribution in [0.4, 0.5) is 0 Å². The van der Waals surface area contributed by atoms with Crippen LogP contribution in [0.15, 0.2) is 0 Å². The van der Waals surface area contributed by atoms with E-state index in [2.05, 4.69) is 34.7 Å². The summed E-state index contributed by atoms with van der Waals surface area (Å²) in [7, 11) is 2.37. The van der Waals surface area contributed by atoms with Crippen molar-refractivity contribution in [2.24, 2.45) is 0 Å². The highest BCUT2D eigenvalue weighted by molar-refractivity contribution is 5.83. The standard InChI is InChI=1S/C37H76NO2/c1-6-10-14-16-18-20-21-22-24-26-28-30-34-40-37(35-38(5,32-12-8-3)33-13-9-4)36(39)31-29-27-25-23-19-17-15-11-7-2/h37H,6-35H2,1-5H3/q+1. The number of quaternary nitrogens is 1. The van der Waals surface area contributed by atoms with Crippen LogP contribution in [0.2, 0.25) is 0 Å². The molecule has 3 heteroatoms. The molecule has 0 saturated carbocycles. The average Bonchev–Trinajstić information content (AvgIpc) is 2.96. The Kier molecular flexibility index (Phi) is 29.8. The van der Waals surface area contributed by atoms with Gasteiger partial charge in [0.05, 0.1) is 20.1 Å². The van der Waals surface area contributed by atoms with E-state index in [9.17, 15) is 4.79 Å². The zero-order valence-corrected chi connectivity index (χ0v) is 28.6. The number of hydrogen-bond donors (Lipinski definition) is 0. The van der Waals surface area contributed by atoms with E-state index in [0.717, 1.165) is 30.5 Å². The number of hydrogen-bond acceptors (Lipinski definition) is 2. The molecule has 1 unspecified atom stereocenters. The Morgan fingerprint density at radius 1 is 0.500 bits per heavy atom. The number of Topliss-reactive ketones (excluding diaryl/α,β-unsaturated/α-hetero) is 1. The fourth-order valence-electron chi connectivity index (χ4n) is 5.96. The van der Waals surface area contributed by atoms with Gasteiger partial charge in [0.1, 0.15) is 6.54 Å². The smallest absolute Gasteiger partial charge is 0.167 e. The number of likely N-dealkylation sites (N-methyl/N-ethyl adjacent to an activating group) is 1. The van der Waals surface area contributed by atoms with E-state index in [1.165, 1.54) is 161 Å². The molecule has 40 heavy (non-hydrogen) atoms. The molecule has 0 aliphatic rings. The second-order valence-corrected chi connectivity index (χ2v) is 13.2. The molecule has 0 radical (unpaired) electrons. The third kappa shape index (κ3) is 25.3. The summed E-state index contributed by atoms with van der Waals surface area (Å²) < 4.78 is 7.41. The van der Waals surface area contributed by atoms with Crippen molar-refractivity contribution < 1.29 is 14.0 Å². The van der Waals surface area contributed by atoms with E-state index in [1.54, 1.807) is 0 Å². The lowest BCUT2D eigenvalue weighted by atomic mass is 10.0. The Bertz CT molecular complexity index is 512. The van der Waals surface area contributed by atoms with Crippen molar-refractivity contribution in [2.45, 2.75) is 201 Å². The summed E-state index contributed by atoms with van der Waals surface area (Å²) in [6.45, 7) is 13.1. The minimum Gasteiger partial charge on any atom is -0.364 e. The van der Waals surface area contributed by atoms with Crippen LogP contribution >= 0.6 is 0 Å². The summed E-state index contributed by atoms with van der Waals surface area (Å²) in [5, 5.41) is 0. The molecule has 0 fully saturated rings. The summed E-state index contributed by atoms with van der Waals surface area (Å²) in [6.07, 6.45) is 33.4. The van der Waals surface area contributed by atoms with Gasteiger partial charge >= 0.3 is 0 Å². The fraction of sp³-hybridized carbons (Fsp3) is 0.973. The molecule has 0 aromatic heterocycles. The van der Waals surface area contributed by atoms with E-state index < -0.39 is 0 Å². The Morgan fingerprint density at radius 3 is 1.25 bits per heavy atom. The first kappa shape index (κ1) is 39.6. The van der Waals surface area contributed by atoms with E-state index in [4.69, 9.17) is 4.74 Å². The number of rotatable bonds is 33. The number of ketones is 1. The quantitative estimate of drug-likeness (QED) is 0.0583. The van der Waals surface area contributed by atoms with Crippen molar-refractivity contribution in [2.75, 3.05) is 33.3 Å². The molecule has 0 aliphatic carbocycles. The SMILES string of the molecule is CCCCCCCCCCCCCCOC(C[N+](C)(CCCC)CCCC)C(=O)CCCCCCCCCCC. The zero-order valence-electron chi connectivity index (χ0n) is 28.6. The van der Waals surface area contributed by atoms with Gasteiger partial charge in [-0.3, -0.25) is 4.79 Å². The van der Waals surface area contributed by atoms with Gasteiger partial charge in [-0.05, 0) is 25.7 Å². The molecular formula is C37H76NO2+. The van der Waals surface area contributed by atoms with Gasteiger partial charge in [-0.2, -0.15) is 0 Å². The van der Waals surface area contributed by atoms with Crippen molar-refractivity contribution in [1.29, 1.82) is 0 Å². The maximum absolute atomic E-state index is 13.4. The van der Waals surface area contributed by atoms with Crippen LogP contribution in [0.3, 0.4) is 0 Å². The van der Waals surface area contributed by atoms with Crippen molar-refractivity contribution in [1.82, 2.24) is 0 Å². The number of unbranched alkanes of at least 4 members (excludes halogenated alkanes) is 21. The van der Waals surface area contributed by atoms with Crippen molar-refractivity contribution in [3.63, 3.8) is 0 Å². The van der Waals surface area contributed by atoms with Gasteiger partial charge in [0.15, 0.2) is 11.9 Å². The Hall–Kier alpha value is -0.410. The number of nitrogens with zero attached hydrogens (tertiary/aromatic N) is 1. The topological polar surface area (TPSA) is 26.3 Å². The molecule has 3 nitrogen and oxygen atoms in total. The monoisotopic (exact) mass is 567 g/mol. The van der Waals surface area contributed by atoms with Gasteiger partial charge in [0, 0.05) is 13.0 Å². The molecule has 0 aromatic carbocycles. The maximum atomic E-state index is 13.4. The first-order valence-electron chi connectivity index (χ1n) is 18.5. The summed E-state index contributed by atoms with van der Waals surface area (Å²) in [6, 6.07) is 0. The minimum absolute atomic E-state index is 0.208. The molecule has 1 atom stereocenters. The Labute approximate surface area is 253 Å².